The Hall–Kier alpha value is -1.13. The highest BCUT2D eigenvalue weighted by Crippen LogP contribution is 2.18. The lowest BCUT2D eigenvalue weighted by Crippen LogP contribution is -2.33. The maximum Gasteiger partial charge on any atom is 0.231 e. The molecular weight excluding hydrogens is 418 g/mol. The highest BCUT2D eigenvalue weighted by atomic mass is 79.9. The number of hydrogen-bond donors (Lipinski definition) is 0. The molecule has 23 heavy (non-hydrogen) atoms. The van der Waals surface area contributed by atoms with Crippen LogP contribution in [-0.2, 0) is 11.2 Å². The van der Waals surface area contributed by atoms with Gasteiger partial charge in [0.2, 0.25) is 5.91 Å². The quantitative estimate of drug-likeness (QED) is 0.388. The largest absolute Gasteiger partial charge is 0.312 e. The van der Waals surface area contributed by atoms with Gasteiger partial charge in [0.05, 0.1) is 6.42 Å². The summed E-state index contributed by atoms with van der Waals surface area (Å²) < 4.78 is 1.01. The zero-order valence-electron chi connectivity index (χ0n) is 13.1. The number of para-hydroxylation sites is 1. The molecule has 0 spiro atoms. The van der Waals surface area contributed by atoms with E-state index in [1.54, 1.807) is 0 Å². The van der Waals surface area contributed by atoms with Crippen molar-refractivity contribution in [2.45, 2.75) is 25.7 Å². The number of alkyl halides is 1. The summed E-state index contributed by atoms with van der Waals surface area (Å²) in [6.07, 6.45) is 3.71. The molecule has 122 valence electrons. The first-order valence-corrected chi connectivity index (χ1v) is 9.78. The summed E-state index contributed by atoms with van der Waals surface area (Å²) in [5, 5.41) is 1.02. The first kappa shape index (κ1) is 18.2. The Morgan fingerprint density at radius 3 is 2.43 bits per heavy atom. The Kier molecular flexibility index (Phi) is 7.83. The summed E-state index contributed by atoms with van der Waals surface area (Å²) in [5.74, 6) is 0.146. The molecule has 2 nitrogen and oxygen atoms in total. The van der Waals surface area contributed by atoms with E-state index >= 15 is 0 Å². The molecule has 0 N–H and O–H groups in total. The predicted molar refractivity (Wildman–Crippen MR) is 104 cm³/mol. The van der Waals surface area contributed by atoms with Crippen molar-refractivity contribution in [3.8, 4) is 0 Å². The minimum atomic E-state index is 0.146. The Balaban J connectivity index is 2.07. The fourth-order valence-electron chi connectivity index (χ4n) is 2.46. The normalized spacial score (nSPS) is 10.5. The molecule has 0 saturated heterocycles. The van der Waals surface area contributed by atoms with E-state index in [2.05, 4.69) is 31.9 Å². The maximum atomic E-state index is 12.8. The third-order valence-corrected chi connectivity index (χ3v) is 4.68. The maximum absolute atomic E-state index is 12.8. The second-order valence-electron chi connectivity index (χ2n) is 5.44. The van der Waals surface area contributed by atoms with Crippen molar-refractivity contribution in [3.05, 3.63) is 64.6 Å². The van der Waals surface area contributed by atoms with Gasteiger partial charge in [0.15, 0.2) is 0 Å². The van der Waals surface area contributed by atoms with Crippen molar-refractivity contribution >= 4 is 43.5 Å². The minimum Gasteiger partial charge on any atom is -0.312 e. The molecule has 0 aliphatic rings. The van der Waals surface area contributed by atoms with Crippen LogP contribution >= 0.6 is 31.9 Å². The lowest BCUT2D eigenvalue weighted by atomic mass is 10.1. The number of anilines is 1. The van der Waals surface area contributed by atoms with Crippen molar-refractivity contribution in [1.29, 1.82) is 0 Å². The van der Waals surface area contributed by atoms with Gasteiger partial charge in [-0.15, -0.1) is 0 Å². The average Bonchev–Trinajstić information content (AvgIpc) is 2.55. The Bertz CT molecular complexity index is 616. The lowest BCUT2D eigenvalue weighted by Gasteiger charge is -2.23. The van der Waals surface area contributed by atoms with E-state index in [9.17, 15) is 4.79 Å². The van der Waals surface area contributed by atoms with Crippen molar-refractivity contribution in [3.63, 3.8) is 0 Å². The van der Waals surface area contributed by atoms with Crippen molar-refractivity contribution in [1.82, 2.24) is 0 Å². The summed E-state index contributed by atoms with van der Waals surface area (Å²) >= 11 is 6.92. The van der Waals surface area contributed by atoms with Crippen molar-refractivity contribution in [2.24, 2.45) is 0 Å². The highest BCUT2D eigenvalue weighted by Gasteiger charge is 2.15. The van der Waals surface area contributed by atoms with Gasteiger partial charge in [-0.2, -0.15) is 0 Å². The van der Waals surface area contributed by atoms with Gasteiger partial charge in [-0.3, -0.25) is 4.79 Å². The van der Waals surface area contributed by atoms with Crippen LogP contribution in [-0.4, -0.2) is 17.8 Å². The SMILES string of the molecule is O=C(Cc1cccc(Br)c1)N(CCCCCBr)c1ccccc1. The molecule has 0 radical (unpaired) electrons. The topological polar surface area (TPSA) is 20.3 Å². The number of hydrogen-bond acceptors (Lipinski definition) is 1. The van der Waals surface area contributed by atoms with E-state index in [0.717, 1.165) is 46.9 Å². The monoisotopic (exact) mass is 437 g/mol. The molecular formula is C19H21Br2NO. The van der Waals surface area contributed by atoms with Gasteiger partial charge >= 0.3 is 0 Å². The van der Waals surface area contributed by atoms with E-state index in [4.69, 9.17) is 0 Å². The number of amides is 1. The Labute approximate surface area is 155 Å². The van der Waals surface area contributed by atoms with Crippen LogP contribution in [0.4, 0.5) is 5.69 Å². The van der Waals surface area contributed by atoms with Crippen LogP contribution in [0.15, 0.2) is 59.1 Å². The molecule has 0 heterocycles. The summed E-state index contributed by atoms with van der Waals surface area (Å²) in [4.78, 5) is 14.7. The van der Waals surface area contributed by atoms with Crippen LogP contribution in [0.5, 0.6) is 0 Å². The third-order valence-electron chi connectivity index (χ3n) is 3.63. The molecule has 0 aliphatic carbocycles. The first-order valence-electron chi connectivity index (χ1n) is 7.86. The first-order chi connectivity index (χ1) is 11.2. The van der Waals surface area contributed by atoms with Gasteiger partial charge in [-0.25, -0.2) is 0 Å². The number of carbonyl (C=O) groups excluding carboxylic acids is 1. The van der Waals surface area contributed by atoms with E-state index in [0.29, 0.717) is 6.42 Å². The number of rotatable bonds is 8. The zero-order chi connectivity index (χ0) is 16.5. The average molecular weight is 439 g/mol. The second kappa shape index (κ2) is 9.89. The number of unbranched alkanes of at least 4 members (excludes halogenated alkanes) is 2. The van der Waals surface area contributed by atoms with Crippen LogP contribution in [0.1, 0.15) is 24.8 Å². The van der Waals surface area contributed by atoms with Crippen molar-refractivity contribution in [2.75, 3.05) is 16.8 Å². The van der Waals surface area contributed by atoms with E-state index in [1.807, 2.05) is 59.5 Å². The minimum absolute atomic E-state index is 0.146. The molecule has 0 unspecified atom stereocenters. The molecule has 0 atom stereocenters. The van der Waals surface area contributed by atoms with Gasteiger partial charge in [0, 0.05) is 22.0 Å². The molecule has 0 fully saturated rings. The molecule has 0 bridgehead atoms. The summed E-state index contributed by atoms with van der Waals surface area (Å²) in [7, 11) is 0. The summed E-state index contributed by atoms with van der Waals surface area (Å²) in [5.41, 5.74) is 2.01. The van der Waals surface area contributed by atoms with Gasteiger partial charge in [0.1, 0.15) is 0 Å². The number of benzene rings is 2. The highest BCUT2D eigenvalue weighted by molar-refractivity contribution is 9.10. The Morgan fingerprint density at radius 2 is 1.74 bits per heavy atom. The molecule has 0 saturated carbocycles. The predicted octanol–water partition coefficient (Wildman–Crippen LogP) is 5.59. The molecule has 2 aromatic rings. The summed E-state index contributed by atoms with van der Waals surface area (Å²) in [6.45, 7) is 0.768. The van der Waals surface area contributed by atoms with Crippen molar-refractivity contribution < 1.29 is 4.79 Å². The van der Waals surface area contributed by atoms with E-state index in [-0.39, 0.29) is 5.91 Å². The third kappa shape index (κ3) is 6.11. The second-order valence-corrected chi connectivity index (χ2v) is 7.15. The molecule has 1 amide bonds. The Morgan fingerprint density at radius 1 is 0.957 bits per heavy atom. The number of halogens is 2. The standard InChI is InChI=1S/C19H21Br2NO/c20-12-5-2-6-13-22(18-10-3-1-4-11-18)19(23)15-16-8-7-9-17(21)14-16/h1,3-4,7-11,14H,2,5-6,12-13,15H2. The van der Waals surface area contributed by atoms with E-state index in [1.165, 1.54) is 0 Å². The fourth-order valence-corrected chi connectivity index (χ4v) is 3.31. The molecule has 2 rings (SSSR count). The fraction of sp³-hybridized carbons (Fsp3) is 0.316. The van der Waals surface area contributed by atoms with Crippen LogP contribution in [0.3, 0.4) is 0 Å². The molecule has 0 aliphatic heterocycles. The smallest absolute Gasteiger partial charge is 0.231 e. The summed E-state index contributed by atoms with van der Waals surface area (Å²) in [6, 6.07) is 17.9. The van der Waals surface area contributed by atoms with E-state index < -0.39 is 0 Å². The number of nitrogens with zero attached hydrogens (tertiary/aromatic N) is 1. The van der Waals surface area contributed by atoms with Crippen LogP contribution in [0.2, 0.25) is 0 Å². The van der Waals surface area contributed by atoms with Crippen LogP contribution < -0.4 is 4.90 Å². The molecule has 0 aromatic heterocycles. The number of carbonyl (C=O) groups is 1. The molecule has 4 heteroatoms. The molecule has 2 aromatic carbocycles. The van der Waals surface area contributed by atoms with Gasteiger partial charge < -0.3 is 4.90 Å². The van der Waals surface area contributed by atoms with Crippen LogP contribution in [0.25, 0.3) is 0 Å². The zero-order valence-corrected chi connectivity index (χ0v) is 16.2. The van der Waals surface area contributed by atoms with Gasteiger partial charge in [0.25, 0.3) is 0 Å². The van der Waals surface area contributed by atoms with Crippen LogP contribution in [0, 0.1) is 0 Å². The van der Waals surface area contributed by atoms with Gasteiger partial charge in [-0.1, -0.05) is 68.6 Å². The lowest BCUT2D eigenvalue weighted by molar-refractivity contribution is -0.118. The van der Waals surface area contributed by atoms with Gasteiger partial charge in [-0.05, 0) is 42.7 Å².